The van der Waals surface area contributed by atoms with Gasteiger partial charge in [0.15, 0.2) is 5.75 Å². The largest absolute Gasteiger partial charge is 0.454 e. The molecule has 2 aromatic carbocycles. The van der Waals surface area contributed by atoms with Crippen molar-refractivity contribution < 1.29 is 9.53 Å². The Morgan fingerprint density at radius 2 is 1.84 bits per heavy atom. The van der Waals surface area contributed by atoms with E-state index in [0.717, 1.165) is 79.5 Å². The first kappa shape index (κ1) is 20.1. The van der Waals surface area contributed by atoms with Gasteiger partial charge >= 0.3 is 0 Å². The van der Waals surface area contributed by atoms with Crippen LogP contribution in [0.15, 0.2) is 47.5 Å². The number of amides is 1. The second kappa shape index (κ2) is 8.35. The van der Waals surface area contributed by atoms with Crippen LogP contribution in [0.2, 0.25) is 0 Å². The van der Waals surface area contributed by atoms with E-state index >= 15 is 0 Å². The van der Waals surface area contributed by atoms with Crippen molar-refractivity contribution in [2.45, 2.75) is 38.1 Å². The lowest BCUT2D eigenvalue weighted by Crippen LogP contribution is -2.44. The highest BCUT2D eigenvalue weighted by Gasteiger charge is 2.29. The molecule has 2 heterocycles. The molecule has 2 fully saturated rings. The molecule has 2 aliphatic heterocycles. The smallest absolute Gasteiger partial charge is 0.227 e. The first-order valence-corrected chi connectivity index (χ1v) is 11.3. The third kappa shape index (κ3) is 4.04. The van der Waals surface area contributed by atoms with Gasteiger partial charge in [-0.3, -0.25) is 4.79 Å². The molecule has 1 amide bonds. The molecule has 0 bridgehead atoms. The second-order valence-corrected chi connectivity index (χ2v) is 9.02. The van der Waals surface area contributed by atoms with E-state index in [2.05, 4.69) is 29.2 Å². The molecule has 1 N–H and O–H groups in total. The van der Waals surface area contributed by atoms with Crippen molar-refractivity contribution in [2.24, 2.45) is 10.9 Å². The molecule has 0 radical (unpaired) electrons. The summed E-state index contributed by atoms with van der Waals surface area (Å²) in [5, 5.41) is 3.11. The van der Waals surface area contributed by atoms with Crippen LogP contribution < -0.4 is 10.1 Å². The maximum Gasteiger partial charge on any atom is 0.227 e. The molecule has 5 rings (SSSR count). The number of benzene rings is 2. The molecule has 0 unspecified atom stereocenters. The molecular formula is C25H30N4O2. The lowest BCUT2D eigenvalue weighted by atomic mass is 9.85. The highest BCUT2D eigenvalue weighted by Crippen LogP contribution is 2.39. The molecule has 1 saturated carbocycles. The van der Waals surface area contributed by atoms with Crippen LogP contribution in [0.3, 0.4) is 0 Å². The molecule has 6 nitrogen and oxygen atoms in total. The van der Waals surface area contributed by atoms with Crippen LogP contribution in [-0.4, -0.2) is 54.8 Å². The van der Waals surface area contributed by atoms with Crippen molar-refractivity contribution in [3.8, 4) is 11.5 Å². The molecule has 1 aliphatic carbocycles. The molecule has 162 valence electrons. The fourth-order valence-electron chi connectivity index (χ4n) is 4.55. The number of likely N-dealkylation sites (tertiary alicyclic amines) is 1. The Morgan fingerprint density at radius 3 is 2.55 bits per heavy atom. The van der Waals surface area contributed by atoms with Crippen LogP contribution in [0.1, 0.15) is 37.7 Å². The third-order valence-corrected chi connectivity index (χ3v) is 6.77. The Kier molecular flexibility index (Phi) is 5.40. The summed E-state index contributed by atoms with van der Waals surface area (Å²) in [6.07, 6.45) is 5.32. The van der Waals surface area contributed by atoms with Crippen LogP contribution in [-0.2, 0) is 4.79 Å². The van der Waals surface area contributed by atoms with Crippen molar-refractivity contribution in [2.75, 3.05) is 32.5 Å². The summed E-state index contributed by atoms with van der Waals surface area (Å²) in [7, 11) is 4.31. The summed E-state index contributed by atoms with van der Waals surface area (Å²) in [4.78, 5) is 22.2. The Hall–Kier alpha value is -2.86. The van der Waals surface area contributed by atoms with E-state index in [-0.39, 0.29) is 11.8 Å². The number of anilines is 1. The van der Waals surface area contributed by atoms with Crippen LogP contribution in [0.25, 0.3) is 0 Å². The molecule has 31 heavy (non-hydrogen) atoms. The Morgan fingerprint density at radius 1 is 1.06 bits per heavy atom. The van der Waals surface area contributed by atoms with Gasteiger partial charge in [0, 0.05) is 30.7 Å². The number of amidine groups is 1. The lowest BCUT2D eigenvalue weighted by molar-refractivity contribution is -0.122. The first-order valence-electron chi connectivity index (χ1n) is 11.3. The summed E-state index contributed by atoms with van der Waals surface area (Å²) in [5.74, 6) is 2.73. The topological polar surface area (TPSA) is 57.2 Å². The minimum absolute atomic E-state index is 0.120. The standard InChI is InChI=1S/C25H30N4O2/c1-28(2)19-12-14-29(15-13-19)24-20-16-18(26-25(30)17-6-5-7-17)10-11-22(20)31-23-9-4-3-8-21(23)27-24/h3-4,8-11,16-17,19H,5-7,12-15H2,1-2H3,(H,26,30). The maximum atomic E-state index is 12.5. The van der Waals surface area contributed by atoms with Crippen LogP contribution in [0.4, 0.5) is 11.4 Å². The molecule has 6 heteroatoms. The van der Waals surface area contributed by atoms with Crippen molar-refractivity contribution in [1.29, 1.82) is 0 Å². The van der Waals surface area contributed by atoms with Gasteiger partial charge < -0.3 is 19.9 Å². The summed E-state index contributed by atoms with van der Waals surface area (Å²) >= 11 is 0. The van der Waals surface area contributed by atoms with Gasteiger partial charge in [-0.25, -0.2) is 4.99 Å². The highest BCUT2D eigenvalue weighted by atomic mass is 16.5. The van der Waals surface area contributed by atoms with Gasteiger partial charge in [-0.15, -0.1) is 0 Å². The first-order chi connectivity index (χ1) is 15.1. The zero-order chi connectivity index (χ0) is 21.4. The van der Waals surface area contributed by atoms with E-state index in [1.807, 2.05) is 42.5 Å². The third-order valence-electron chi connectivity index (χ3n) is 6.77. The van der Waals surface area contributed by atoms with Gasteiger partial charge in [-0.1, -0.05) is 18.6 Å². The molecular weight excluding hydrogens is 388 g/mol. The normalized spacial score (nSPS) is 18.9. The lowest BCUT2D eigenvalue weighted by Gasteiger charge is -2.37. The Labute approximate surface area is 183 Å². The Bertz CT molecular complexity index is 1000. The molecule has 0 spiro atoms. The summed E-state index contributed by atoms with van der Waals surface area (Å²) in [6, 6.07) is 14.4. The molecule has 2 aromatic rings. The highest BCUT2D eigenvalue weighted by molar-refractivity contribution is 6.05. The Balaban J connectivity index is 1.48. The van der Waals surface area contributed by atoms with Crippen LogP contribution in [0, 0.1) is 5.92 Å². The van der Waals surface area contributed by atoms with Crippen molar-refractivity contribution in [3.05, 3.63) is 48.0 Å². The molecule has 1 saturated heterocycles. The number of ether oxygens (including phenoxy) is 1. The van der Waals surface area contributed by atoms with Gasteiger partial charge in [-0.05, 0) is 70.1 Å². The average Bonchev–Trinajstić information content (AvgIpc) is 2.89. The zero-order valence-electron chi connectivity index (χ0n) is 18.3. The van der Waals surface area contributed by atoms with Crippen molar-refractivity contribution >= 4 is 23.1 Å². The van der Waals surface area contributed by atoms with E-state index in [1.165, 1.54) is 0 Å². The predicted molar refractivity (Wildman–Crippen MR) is 123 cm³/mol. The zero-order valence-corrected chi connectivity index (χ0v) is 18.3. The number of hydrogen-bond acceptors (Lipinski definition) is 5. The summed E-state index contributed by atoms with van der Waals surface area (Å²) < 4.78 is 6.26. The van der Waals surface area contributed by atoms with E-state index in [1.54, 1.807) is 0 Å². The van der Waals surface area contributed by atoms with Gasteiger partial charge in [0.2, 0.25) is 5.91 Å². The van der Waals surface area contributed by atoms with Gasteiger partial charge in [0.05, 0.1) is 5.56 Å². The average molecular weight is 419 g/mol. The summed E-state index contributed by atoms with van der Waals surface area (Å²) in [6.45, 7) is 1.89. The fourth-order valence-corrected chi connectivity index (χ4v) is 4.55. The molecule has 0 atom stereocenters. The number of hydrogen-bond donors (Lipinski definition) is 1. The quantitative estimate of drug-likeness (QED) is 0.789. The summed E-state index contributed by atoms with van der Waals surface area (Å²) in [5.41, 5.74) is 2.58. The van der Waals surface area contributed by atoms with E-state index in [0.29, 0.717) is 6.04 Å². The van der Waals surface area contributed by atoms with Crippen LogP contribution in [0.5, 0.6) is 11.5 Å². The van der Waals surface area contributed by atoms with Crippen LogP contribution >= 0.6 is 0 Å². The second-order valence-electron chi connectivity index (χ2n) is 9.02. The minimum atomic E-state index is 0.120. The number of piperidine rings is 1. The number of para-hydroxylation sites is 2. The van der Waals surface area contributed by atoms with Crippen molar-refractivity contribution in [1.82, 2.24) is 9.80 Å². The number of carbonyl (C=O) groups is 1. The van der Waals surface area contributed by atoms with Gasteiger partial charge in [0.25, 0.3) is 0 Å². The number of nitrogens with one attached hydrogen (secondary N) is 1. The number of fused-ring (bicyclic) bond motifs is 2. The predicted octanol–water partition coefficient (Wildman–Crippen LogP) is 4.64. The minimum Gasteiger partial charge on any atom is -0.454 e. The van der Waals surface area contributed by atoms with Gasteiger partial charge in [-0.2, -0.15) is 0 Å². The van der Waals surface area contributed by atoms with E-state index < -0.39 is 0 Å². The number of nitrogens with zero attached hydrogens (tertiary/aromatic N) is 3. The molecule has 0 aromatic heterocycles. The number of carbonyl (C=O) groups excluding carboxylic acids is 1. The SMILES string of the molecule is CN(C)C1CCN(C2=Nc3ccccc3Oc3ccc(NC(=O)C4CCC4)cc32)CC1. The van der Waals surface area contributed by atoms with Gasteiger partial charge in [0.1, 0.15) is 17.3 Å². The number of rotatable bonds is 3. The van der Waals surface area contributed by atoms with Crippen molar-refractivity contribution in [3.63, 3.8) is 0 Å². The van der Waals surface area contributed by atoms with E-state index in [9.17, 15) is 4.79 Å². The fraction of sp³-hybridized carbons (Fsp3) is 0.440. The monoisotopic (exact) mass is 418 g/mol. The number of aliphatic imine (C=N–C) groups is 1. The molecule has 3 aliphatic rings. The maximum absolute atomic E-state index is 12.5. The van der Waals surface area contributed by atoms with E-state index in [4.69, 9.17) is 9.73 Å².